The smallest absolute Gasteiger partial charge is 0.354 e. The van der Waals surface area contributed by atoms with Gasteiger partial charge in [0, 0.05) is 50.9 Å². The fraction of sp³-hybridized carbons (Fsp3) is 0.389. The molecule has 1 fully saturated rings. The number of hydrogen-bond donors (Lipinski definition) is 1. The Hall–Kier alpha value is -2.81. The molecular weight excluding hydrogens is 358 g/mol. The quantitative estimate of drug-likeness (QED) is 0.826. The summed E-state index contributed by atoms with van der Waals surface area (Å²) in [5.41, 5.74) is 0.347. The molecule has 0 bridgehead atoms. The predicted molar refractivity (Wildman–Crippen MR) is 92.0 cm³/mol. The Bertz CT molecular complexity index is 832. The normalized spacial score (nSPS) is 15.1. The molecule has 1 aromatic heterocycles. The fourth-order valence-electron chi connectivity index (χ4n) is 3.12. The second kappa shape index (κ2) is 8.26. The number of hydrogen-bond acceptors (Lipinski definition) is 4. The predicted octanol–water partition coefficient (Wildman–Crippen LogP) is 1.59. The third-order valence-corrected chi connectivity index (χ3v) is 4.62. The number of aromatic carboxylic acids is 1. The number of carbonyl (C=O) groups excluding carboxylic acids is 1. The van der Waals surface area contributed by atoms with Gasteiger partial charge >= 0.3 is 5.97 Å². The lowest BCUT2D eigenvalue weighted by Crippen LogP contribution is -2.48. The van der Waals surface area contributed by atoms with Gasteiger partial charge in [0.2, 0.25) is 5.91 Å². The van der Waals surface area contributed by atoms with Crippen LogP contribution >= 0.6 is 0 Å². The number of carbonyl (C=O) groups is 2. The first-order valence-corrected chi connectivity index (χ1v) is 8.64. The molecule has 9 heteroatoms. The molecule has 0 spiro atoms. The molecule has 1 N–H and O–H groups in total. The van der Waals surface area contributed by atoms with E-state index in [4.69, 9.17) is 5.11 Å². The monoisotopic (exact) mass is 378 g/mol. The van der Waals surface area contributed by atoms with Crippen molar-refractivity contribution in [2.45, 2.75) is 19.5 Å². The Labute approximate surface area is 154 Å². The van der Waals surface area contributed by atoms with Crippen molar-refractivity contribution in [3.05, 3.63) is 53.4 Å². The number of aryl methyl sites for hydroxylation is 1. The second-order valence-electron chi connectivity index (χ2n) is 6.36. The highest BCUT2D eigenvalue weighted by molar-refractivity contribution is 5.85. The lowest BCUT2D eigenvalue weighted by Gasteiger charge is -2.34. The Morgan fingerprint density at radius 3 is 2.56 bits per heavy atom. The van der Waals surface area contributed by atoms with E-state index in [-0.39, 0.29) is 24.6 Å². The van der Waals surface area contributed by atoms with Crippen molar-refractivity contribution < 1.29 is 23.5 Å². The molecule has 0 unspecified atom stereocenters. The van der Waals surface area contributed by atoms with Gasteiger partial charge in [0.05, 0.1) is 6.54 Å². The summed E-state index contributed by atoms with van der Waals surface area (Å²) in [7, 11) is 0. The number of carboxylic acid groups (broad SMARTS) is 1. The topological polar surface area (TPSA) is 78.7 Å². The number of benzene rings is 1. The van der Waals surface area contributed by atoms with Crippen LogP contribution in [-0.4, -0.2) is 62.7 Å². The Morgan fingerprint density at radius 1 is 1.11 bits per heavy atom. The third kappa shape index (κ3) is 4.48. The molecule has 1 aliphatic heterocycles. The summed E-state index contributed by atoms with van der Waals surface area (Å²) in [6, 6.07) is 5.51. The van der Waals surface area contributed by atoms with Gasteiger partial charge < -0.3 is 10.0 Å². The van der Waals surface area contributed by atoms with Crippen molar-refractivity contribution in [3.8, 4) is 0 Å². The van der Waals surface area contributed by atoms with Gasteiger partial charge in [-0.1, -0.05) is 12.1 Å². The van der Waals surface area contributed by atoms with E-state index in [2.05, 4.69) is 5.10 Å². The molecule has 3 rings (SSSR count). The molecule has 0 radical (unpaired) electrons. The largest absolute Gasteiger partial charge is 0.477 e. The Balaban J connectivity index is 1.48. The van der Waals surface area contributed by atoms with E-state index in [9.17, 15) is 18.4 Å². The van der Waals surface area contributed by atoms with Crippen molar-refractivity contribution in [2.75, 3.05) is 26.2 Å². The van der Waals surface area contributed by atoms with E-state index < -0.39 is 17.6 Å². The third-order valence-electron chi connectivity index (χ3n) is 4.62. The SMILES string of the molecule is O=C(O)c1ccnn1CCC(=O)N1CCN(Cc2cccc(F)c2F)CC1. The lowest BCUT2D eigenvalue weighted by molar-refractivity contribution is -0.133. The molecular formula is C18H20F2N4O3. The molecule has 1 amide bonds. The first-order valence-electron chi connectivity index (χ1n) is 8.64. The summed E-state index contributed by atoms with van der Waals surface area (Å²) in [5.74, 6) is -2.86. The average molecular weight is 378 g/mol. The van der Waals surface area contributed by atoms with Crippen LogP contribution in [0.25, 0.3) is 0 Å². The van der Waals surface area contributed by atoms with Gasteiger partial charge in [-0.05, 0) is 12.1 Å². The number of nitrogens with zero attached hydrogens (tertiary/aromatic N) is 4. The van der Waals surface area contributed by atoms with Crippen LogP contribution in [0.4, 0.5) is 8.78 Å². The minimum atomic E-state index is -1.09. The second-order valence-corrected chi connectivity index (χ2v) is 6.36. The summed E-state index contributed by atoms with van der Waals surface area (Å²) in [4.78, 5) is 27.1. The molecule has 1 aromatic carbocycles. The molecule has 1 aliphatic rings. The molecule has 0 aliphatic carbocycles. The number of halogens is 2. The van der Waals surface area contributed by atoms with E-state index in [1.165, 1.54) is 23.0 Å². The summed E-state index contributed by atoms with van der Waals surface area (Å²) >= 11 is 0. The van der Waals surface area contributed by atoms with Gasteiger partial charge in [0.15, 0.2) is 11.6 Å². The van der Waals surface area contributed by atoms with Crippen molar-refractivity contribution in [1.29, 1.82) is 0 Å². The van der Waals surface area contributed by atoms with Gasteiger partial charge in [0.25, 0.3) is 0 Å². The Kier molecular flexibility index (Phi) is 5.80. The first-order chi connectivity index (χ1) is 13.0. The molecule has 0 saturated carbocycles. The molecule has 27 heavy (non-hydrogen) atoms. The van der Waals surface area contributed by atoms with Gasteiger partial charge in [-0.15, -0.1) is 0 Å². The summed E-state index contributed by atoms with van der Waals surface area (Å²) in [5, 5.41) is 13.0. The van der Waals surface area contributed by atoms with E-state index in [0.29, 0.717) is 38.3 Å². The maximum Gasteiger partial charge on any atom is 0.354 e. The van der Waals surface area contributed by atoms with Crippen LogP contribution in [0.3, 0.4) is 0 Å². The van der Waals surface area contributed by atoms with Gasteiger partial charge in [0.1, 0.15) is 5.69 Å². The minimum absolute atomic E-state index is 0.0461. The van der Waals surface area contributed by atoms with Crippen LogP contribution in [0.1, 0.15) is 22.5 Å². The number of piperazine rings is 1. The summed E-state index contributed by atoms with van der Waals surface area (Å²) < 4.78 is 28.4. The maximum atomic E-state index is 13.8. The number of amides is 1. The molecule has 7 nitrogen and oxygen atoms in total. The molecule has 144 valence electrons. The summed E-state index contributed by atoms with van der Waals surface area (Å²) in [6.45, 7) is 2.58. The van der Waals surface area contributed by atoms with E-state index >= 15 is 0 Å². The standard InChI is InChI=1S/C18H20F2N4O3/c19-14-3-1-2-13(17(14)20)12-22-8-10-23(11-9-22)16(25)5-7-24-15(18(26)27)4-6-21-24/h1-4,6H,5,7-12H2,(H,26,27). The zero-order valence-electron chi connectivity index (χ0n) is 14.6. The highest BCUT2D eigenvalue weighted by atomic mass is 19.2. The number of aromatic nitrogens is 2. The molecule has 0 atom stereocenters. The van der Waals surface area contributed by atoms with E-state index in [1.54, 1.807) is 11.0 Å². The van der Waals surface area contributed by atoms with Crippen molar-refractivity contribution >= 4 is 11.9 Å². The van der Waals surface area contributed by atoms with Crippen molar-refractivity contribution in [3.63, 3.8) is 0 Å². The average Bonchev–Trinajstić information content (AvgIpc) is 3.13. The van der Waals surface area contributed by atoms with Gasteiger partial charge in [-0.3, -0.25) is 14.4 Å². The van der Waals surface area contributed by atoms with Crippen LogP contribution in [0, 0.1) is 11.6 Å². The number of rotatable bonds is 6. The zero-order chi connectivity index (χ0) is 19.4. The van der Waals surface area contributed by atoms with E-state index in [0.717, 1.165) is 6.07 Å². The number of carboxylic acids is 1. The van der Waals surface area contributed by atoms with Crippen LogP contribution in [-0.2, 0) is 17.9 Å². The van der Waals surface area contributed by atoms with E-state index in [1.807, 2.05) is 4.90 Å². The van der Waals surface area contributed by atoms with Gasteiger partial charge in [-0.25, -0.2) is 13.6 Å². The highest BCUT2D eigenvalue weighted by Crippen LogP contribution is 2.15. The maximum absolute atomic E-state index is 13.8. The summed E-state index contributed by atoms with van der Waals surface area (Å²) in [6.07, 6.45) is 1.54. The fourth-order valence-corrected chi connectivity index (χ4v) is 3.12. The minimum Gasteiger partial charge on any atom is -0.477 e. The van der Waals surface area contributed by atoms with Crippen LogP contribution in [0.5, 0.6) is 0 Å². The Morgan fingerprint density at radius 2 is 1.85 bits per heavy atom. The van der Waals surface area contributed by atoms with Crippen molar-refractivity contribution in [1.82, 2.24) is 19.6 Å². The first kappa shape index (κ1) is 19.0. The van der Waals surface area contributed by atoms with Crippen molar-refractivity contribution in [2.24, 2.45) is 0 Å². The van der Waals surface area contributed by atoms with Crippen LogP contribution in [0.15, 0.2) is 30.5 Å². The van der Waals surface area contributed by atoms with Crippen LogP contribution in [0.2, 0.25) is 0 Å². The molecule has 2 aromatic rings. The van der Waals surface area contributed by atoms with Crippen LogP contribution < -0.4 is 0 Å². The lowest BCUT2D eigenvalue weighted by atomic mass is 10.1. The molecule has 2 heterocycles. The molecule has 1 saturated heterocycles. The highest BCUT2D eigenvalue weighted by Gasteiger charge is 2.22. The van der Waals surface area contributed by atoms with Gasteiger partial charge in [-0.2, -0.15) is 5.10 Å². The zero-order valence-corrected chi connectivity index (χ0v) is 14.6.